The smallest absolute Gasteiger partial charge is 0.267 e. The molecule has 1 saturated heterocycles. The van der Waals surface area contributed by atoms with Crippen LogP contribution in [-0.2, 0) is 16.1 Å². The first-order valence-electron chi connectivity index (χ1n) is 12.1. The van der Waals surface area contributed by atoms with Gasteiger partial charge in [-0.25, -0.2) is 0 Å². The van der Waals surface area contributed by atoms with Gasteiger partial charge >= 0.3 is 0 Å². The number of ether oxygens (including phenoxy) is 3. The summed E-state index contributed by atoms with van der Waals surface area (Å²) in [5.74, 6) is 1.47. The Bertz CT molecular complexity index is 1380. The summed E-state index contributed by atoms with van der Waals surface area (Å²) < 4.78 is 17.2. The number of para-hydroxylation sites is 1. The van der Waals surface area contributed by atoms with Gasteiger partial charge in [0.15, 0.2) is 0 Å². The molecule has 3 aromatic carbocycles. The highest BCUT2D eigenvalue weighted by atomic mass is 16.5. The molecule has 1 aliphatic carbocycles. The van der Waals surface area contributed by atoms with Gasteiger partial charge in [0.05, 0.1) is 19.8 Å². The number of β-lactam (4-membered cyclic amide) rings is 1. The lowest BCUT2D eigenvalue weighted by atomic mass is 9.88. The lowest BCUT2D eigenvalue weighted by Gasteiger charge is -2.47. The van der Waals surface area contributed by atoms with Gasteiger partial charge in [-0.15, -0.1) is 0 Å². The number of likely N-dealkylation sites (tertiary alicyclic amines) is 1. The number of hydrogen-bond acceptors (Lipinski definition) is 6. The van der Waals surface area contributed by atoms with Gasteiger partial charge in [-0.3, -0.25) is 9.59 Å². The SMILES string of the molecule is COc1ccc(OC)c([C@H]2[C@@H](Oc3ccccc3C#N)C(=O)N2Cc2cccc(NC(=O)C3CC3)c2)c1. The molecule has 2 amide bonds. The molecule has 1 N–H and O–H groups in total. The molecule has 3 aromatic rings. The Morgan fingerprint density at radius 1 is 1.03 bits per heavy atom. The fraction of sp³-hybridized carbons (Fsp3) is 0.276. The predicted molar refractivity (Wildman–Crippen MR) is 136 cm³/mol. The summed E-state index contributed by atoms with van der Waals surface area (Å²) in [6, 6.07) is 21.4. The number of hydrogen-bond donors (Lipinski definition) is 1. The maximum absolute atomic E-state index is 13.4. The van der Waals surface area contributed by atoms with Crippen LogP contribution < -0.4 is 19.5 Å². The molecule has 0 bridgehead atoms. The third-order valence-corrected chi connectivity index (χ3v) is 6.66. The van der Waals surface area contributed by atoms with Crippen molar-refractivity contribution in [1.82, 2.24) is 4.90 Å². The molecule has 1 saturated carbocycles. The van der Waals surface area contributed by atoms with Crippen molar-refractivity contribution in [3.05, 3.63) is 83.4 Å². The second-order valence-electron chi connectivity index (χ2n) is 9.13. The second kappa shape index (κ2) is 10.2. The number of amides is 2. The van der Waals surface area contributed by atoms with Crippen molar-refractivity contribution in [1.29, 1.82) is 5.26 Å². The van der Waals surface area contributed by atoms with E-state index in [0.717, 1.165) is 24.0 Å². The fourth-order valence-corrected chi connectivity index (χ4v) is 4.54. The molecular weight excluding hydrogens is 470 g/mol. The lowest BCUT2D eigenvalue weighted by molar-refractivity contribution is -0.165. The Balaban J connectivity index is 1.46. The highest BCUT2D eigenvalue weighted by molar-refractivity contribution is 5.94. The molecule has 5 rings (SSSR count). The van der Waals surface area contributed by atoms with Crippen LogP contribution in [0, 0.1) is 17.2 Å². The van der Waals surface area contributed by atoms with Gasteiger partial charge in [0.2, 0.25) is 12.0 Å². The Labute approximate surface area is 215 Å². The summed E-state index contributed by atoms with van der Waals surface area (Å²) >= 11 is 0. The number of carbonyl (C=O) groups is 2. The van der Waals surface area contributed by atoms with Crippen molar-refractivity contribution < 1.29 is 23.8 Å². The van der Waals surface area contributed by atoms with E-state index < -0.39 is 12.1 Å². The van der Waals surface area contributed by atoms with E-state index >= 15 is 0 Å². The lowest BCUT2D eigenvalue weighted by Crippen LogP contribution is -2.60. The van der Waals surface area contributed by atoms with Crippen LogP contribution in [0.4, 0.5) is 5.69 Å². The van der Waals surface area contributed by atoms with Crippen LogP contribution in [0.3, 0.4) is 0 Å². The van der Waals surface area contributed by atoms with Crippen molar-refractivity contribution in [2.24, 2.45) is 5.92 Å². The van der Waals surface area contributed by atoms with E-state index in [1.807, 2.05) is 30.3 Å². The van der Waals surface area contributed by atoms with Crippen LogP contribution in [0.5, 0.6) is 17.2 Å². The van der Waals surface area contributed by atoms with E-state index in [4.69, 9.17) is 14.2 Å². The van der Waals surface area contributed by atoms with E-state index in [9.17, 15) is 14.9 Å². The number of anilines is 1. The first-order chi connectivity index (χ1) is 18.0. The van der Waals surface area contributed by atoms with Crippen LogP contribution in [0.2, 0.25) is 0 Å². The maximum atomic E-state index is 13.4. The topological polar surface area (TPSA) is 101 Å². The van der Waals surface area contributed by atoms with E-state index in [-0.39, 0.29) is 17.7 Å². The minimum absolute atomic E-state index is 0.0285. The van der Waals surface area contributed by atoms with E-state index in [0.29, 0.717) is 35.0 Å². The van der Waals surface area contributed by atoms with Gasteiger partial charge in [-0.05, 0) is 60.9 Å². The normalized spacial score (nSPS) is 18.4. The number of nitrogens with one attached hydrogen (secondary N) is 1. The minimum Gasteiger partial charge on any atom is -0.497 e. The number of methoxy groups -OCH3 is 2. The number of carbonyl (C=O) groups excluding carboxylic acids is 2. The fourth-order valence-electron chi connectivity index (χ4n) is 4.54. The molecule has 0 aromatic heterocycles. The van der Waals surface area contributed by atoms with Crippen LogP contribution in [0.15, 0.2) is 66.7 Å². The van der Waals surface area contributed by atoms with Gasteiger partial charge in [-0.1, -0.05) is 24.3 Å². The zero-order valence-corrected chi connectivity index (χ0v) is 20.6. The Kier molecular flexibility index (Phi) is 6.69. The standard InChI is InChI=1S/C29H27N3O5/c1-35-22-12-13-25(36-2)23(15-22)26-27(37-24-9-4-3-7-20(24)16-30)29(34)32(26)17-18-6-5-8-21(14-18)31-28(33)19-10-11-19/h3-9,12-15,19,26-27H,10-11,17H2,1-2H3,(H,31,33)/t26-,27+/m0/s1. The average Bonchev–Trinajstić information content (AvgIpc) is 3.78. The van der Waals surface area contributed by atoms with Gasteiger partial charge < -0.3 is 24.4 Å². The minimum atomic E-state index is -0.853. The van der Waals surface area contributed by atoms with Crippen LogP contribution in [0.1, 0.15) is 35.6 Å². The van der Waals surface area contributed by atoms with Gasteiger partial charge in [-0.2, -0.15) is 5.26 Å². The van der Waals surface area contributed by atoms with E-state index in [1.54, 1.807) is 55.5 Å². The molecule has 2 atom stereocenters. The summed E-state index contributed by atoms with van der Waals surface area (Å²) in [6.45, 7) is 0.302. The Morgan fingerprint density at radius 2 is 1.84 bits per heavy atom. The number of nitrogens with zero attached hydrogens (tertiary/aromatic N) is 2. The third-order valence-electron chi connectivity index (χ3n) is 6.66. The summed E-state index contributed by atoms with van der Waals surface area (Å²) in [5.41, 5.74) is 2.65. The van der Waals surface area contributed by atoms with Gasteiger partial charge in [0.25, 0.3) is 5.91 Å². The zero-order valence-electron chi connectivity index (χ0n) is 20.6. The molecule has 8 nitrogen and oxygen atoms in total. The number of nitriles is 1. The third kappa shape index (κ3) is 4.94. The molecule has 0 unspecified atom stereocenters. The van der Waals surface area contributed by atoms with E-state index in [2.05, 4.69) is 11.4 Å². The average molecular weight is 498 g/mol. The molecular formula is C29H27N3O5. The van der Waals surface area contributed by atoms with Gasteiger partial charge in [0, 0.05) is 23.7 Å². The molecule has 188 valence electrons. The molecule has 2 aliphatic rings. The molecule has 8 heteroatoms. The Hall–Kier alpha value is -4.51. The first kappa shape index (κ1) is 24.2. The number of rotatable bonds is 9. The molecule has 2 fully saturated rings. The molecule has 0 radical (unpaired) electrons. The summed E-state index contributed by atoms with van der Waals surface area (Å²) in [7, 11) is 3.15. The number of benzene rings is 3. The van der Waals surface area contributed by atoms with Crippen LogP contribution >= 0.6 is 0 Å². The molecule has 1 aliphatic heterocycles. The largest absolute Gasteiger partial charge is 0.497 e. The highest BCUT2D eigenvalue weighted by Crippen LogP contribution is 2.44. The highest BCUT2D eigenvalue weighted by Gasteiger charge is 2.51. The monoisotopic (exact) mass is 497 g/mol. The maximum Gasteiger partial charge on any atom is 0.267 e. The summed E-state index contributed by atoms with van der Waals surface area (Å²) in [5, 5.41) is 12.5. The van der Waals surface area contributed by atoms with Crippen molar-refractivity contribution >= 4 is 17.5 Å². The van der Waals surface area contributed by atoms with Crippen molar-refractivity contribution in [2.75, 3.05) is 19.5 Å². The molecule has 1 heterocycles. The zero-order chi connectivity index (χ0) is 25.9. The quantitative estimate of drug-likeness (QED) is 0.438. The van der Waals surface area contributed by atoms with Crippen molar-refractivity contribution in [3.63, 3.8) is 0 Å². The molecule has 0 spiro atoms. The van der Waals surface area contributed by atoms with Crippen LogP contribution in [0.25, 0.3) is 0 Å². The van der Waals surface area contributed by atoms with Gasteiger partial charge in [0.1, 0.15) is 29.4 Å². The molecule has 37 heavy (non-hydrogen) atoms. The second-order valence-corrected chi connectivity index (χ2v) is 9.13. The summed E-state index contributed by atoms with van der Waals surface area (Å²) in [4.78, 5) is 27.4. The Morgan fingerprint density at radius 3 is 2.57 bits per heavy atom. The summed E-state index contributed by atoms with van der Waals surface area (Å²) in [6.07, 6.45) is 0.996. The van der Waals surface area contributed by atoms with E-state index in [1.165, 1.54) is 0 Å². The van der Waals surface area contributed by atoms with Crippen molar-refractivity contribution in [3.8, 4) is 23.3 Å². The first-order valence-corrected chi connectivity index (χ1v) is 12.1. The predicted octanol–water partition coefficient (Wildman–Crippen LogP) is 4.46. The van der Waals surface area contributed by atoms with Crippen LogP contribution in [-0.4, -0.2) is 37.0 Å². The van der Waals surface area contributed by atoms with Crippen molar-refractivity contribution in [2.45, 2.75) is 31.5 Å².